The molecule has 0 spiro atoms. The van der Waals surface area contributed by atoms with Gasteiger partial charge in [0.15, 0.2) is 0 Å². The third kappa shape index (κ3) is 3.83. The Morgan fingerprint density at radius 1 is 1.29 bits per heavy atom. The van der Waals surface area contributed by atoms with E-state index in [9.17, 15) is 0 Å². The van der Waals surface area contributed by atoms with Gasteiger partial charge in [-0.25, -0.2) is 0 Å². The average molecular weight is 347 g/mol. The lowest BCUT2D eigenvalue weighted by atomic mass is 10.2. The molecular formula is C17H19BrN2O. The Balaban J connectivity index is 1.81. The fourth-order valence-corrected chi connectivity index (χ4v) is 2.39. The second-order valence-electron chi connectivity index (χ2n) is 5.60. The highest BCUT2D eigenvalue weighted by molar-refractivity contribution is 9.10. The van der Waals surface area contributed by atoms with Crippen LogP contribution < -0.4 is 10.1 Å². The summed E-state index contributed by atoms with van der Waals surface area (Å²) in [5.41, 5.74) is 3.23. The first-order chi connectivity index (χ1) is 10.1. The summed E-state index contributed by atoms with van der Waals surface area (Å²) in [7, 11) is 0. The van der Waals surface area contributed by atoms with Crippen molar-refractivity contribution in [1.29, 1.82) is 0 Å². The van der Waals surface area contributed by atoms with Crippen LogP contribution in [0.25, 0.3) is 0 Å². The third-order valence-corrected chi connectivity index (χ3v) is 4.49. The van der Waals surface area contributed by atoms with E-state index in [4.69, 9.17) is 4.74 Å². The highest BCUT2D eigenvalue weighted by atomic mass is 79.9. The van der Waals surface area contributed by atoms with Gasteiger partial charge in [0.1, 0.15) is 11.5 Å². The molecule has 1 fully saturated rings. The topological polar surface area (TPSA) is 34.1 Å². The normalized spacial score (nSPS) is 14.2. The minimum absolute atomic E-state index is 0.675. The minimum atomic E-state index is 0.675. The van der Waals surface area contributed by atoms with Gasteiger partial charge in [0.05, 0.1) is 0 Å². The SMILES string of the molecule is Cc1cc(Oc2ccc(Br)c(C)c2)c(CNC2CC2)cn1. The molecular weight excluding hydrogens is 328 g/mol. The molecule has 1 aliphatic rings. The predicted molar refractivity (Wildman–Crippen MR) is 87.8 cm³/mol. The fourth-order valence-electron chi connectivity index (χ4n) is 2.14. The van der Waals surface area contributed by atoms with Crippen LogP contribution in [-0.2, 0) is 6.54 Å². The summed E-state index contributed by atoms with van der Waals surface area (Å²) in [5, 5.41) is 3.51. The van der Waals surface area contributed by atoms with Gasteiger partial charge in [-0.3, -0.25) is 4.98 Å². The van der Waals surface area contributed by atoms with Gasteiger partial charge >= 0.3 is 0 Å². The van der Waals surface area contributed by atoms with Crippen LogP contribution >= 0.6 is 15.9 Å². The predicted octanol–water partition coefficient (Wildman–Crippen LogP) is 4.51. The largest absolute Gasteiger partial charge is 0.457 e. The Morgan fingerprint density at radius 3 is 2.81 bits per heavy atom. The van der Waals surface area contributed by atoms with Crippen LogP contribution in [0.15, 0.2) is 34.9 Å². The number of aryl methyl sites for hydroxylation is 2. The summed E-state index contributed by atoms with van der Waals surface area (Å²) in [6.07, 6.45) is 4.47. The van der Waals surface area contributed by atoms with Gasteiger partial charge in [0.2, 0.25) is 0 Å². The van der Waals surface area contributed by atoms with E-state index >= 15 is 0 Å². The number of nitrogens with zero attached hydrogens (tertiary/aromatic N) is 1. The first kappa shape index (κ1) is 14.5. The molecule has 110 valence electrons. The van der Waals surface area contributed by atoms with Gasteiger partial charge < -0.3 is 10.1 Å². The van der Waals surface area contributed by atoms with Crippen molar-refractivity contribution in [2.75, 3.05) is 0 Å². The summed E-state index contributed by atoms with van der Waals surface area (Å²) < 4.78 is 7.17. The number of benzene rings is 1. The van der Waals surface area contributed by atoms with Crippen LogP contribution in [0.3, 0.4) is 0 Å². The lowest BCUT2D eigenvalue weighted by Crippen LogP contribution is -2.16. The molecule has 3 rings (SSSR count). The zero-order valence-corrected chi connectivity index (χ0v) is 13.9. The molecule has 0 amide bonds. The maximum Gasteiger partial charge on any atom is 0.135 e. The summed E-state index contributed by atoms with van der Waals surface area (Å²) in [6, 6.07) is 8.71. The molecule has 1 N–H and O–H groups in total. The second-order valence-corrected chi connectivity index (χ2v) is 6.46. The van der Waals surface area contributed by atoms with Crippen LogP contribution in [0, 0.1) is 13.8 Å². The third-order valence-electron chi connectivity index (χ3n) is 3.60. The summed E-state index contributed by atoms with van der Waals surface area (Å²) in [5.74, 6) is 1.74. The number of rotatable bonds is 5. The number of halogens is 1. The van der Waals surface area contributed by atoms with Crippen molar-refractivity contribution in [3.05, 3.63) is 51.8 Å². The maximum atomic E-state index is 6.08. The molecule has 1 aromatic carbocycles. The Hall–Kier alpha value is -1.39. The highest BCUT2D eigenvalue weighted by Crippen LogP contribution is 2.29. The van der Waals surface area contributed by atoms with Crippen molar-refractivity contribution in [3.8, 4) is 11.5 Å². The van der Waals surface area contributed by atoms with Gasteiger partial charge in [-0.2, -0.15) is 0 Å². The Labute approximate surface area is 133 Å². The van der Waals surface area contributed by atoms with E-state index in [0.29, 0.717) is 6.04 Å². The quantitative estimate of drug-likeness (QED) is 0.864. The molecule has 0 atom stereocenters. The van der Waals surface area contributed by atoms with Gasteiger partial charge in [0.25, 0.3) is 0 Å². The van der Waals surface area contributed by atoms with Crippen LogP contribution in [0.4, 0.5) is 0 Å². The van der Waals surface area contributed by atoms with E-state index in [2.05, 4.69) is 33.2 Å². The van der Waals surface area contributed by atoms with E-state index in [1.807, 2.05) is 37.4 Å². The van der Waals surface area contributed by atoms with Crippen molar-refractivity contribution in [1.82, 2.24) is 10.3 Å². The zero-order valence-electron chi connectivity index (χ0n) is 12.3. The number of hydrogen-bond acceptors (Lipinski definition) is 3. The molecule has 0 unspecified atom stereocenters. The molecule has 1 aromatic heterocycles. The molecule has 4 heteroatoms. The van der Waals surface area contributed by atoms with Gasteiger partial charge in [0, 0.05) is 40.6 Å². The van der Waals surface area contributed by atoms with Gasteiger partial charge in [-0.05, 0) is 50.5 Å². The van der Waals surface area contributed by atoms with Crippen molar-refractivity contribution in [2.45, 2.75) is 39.3 Å². The van der Waals surface area contributed by atoms with E-state index in [0.717, 1.165) is 39.3 Å². The van der Waals surface area contributed by atoms with Gasteiger partial charge in [-0.15, -0.1) is 0 Å². The van der Waals surface area contributed by atoms with Crippen LogP contribution in [0.5, 0.6) is 11.5 Å². The lowest BCUT2D eigenvalue weighted by Gasteiger charge is -2.13. The first-order valence-electron chi connectivity index (χ1n) is 7.25. The zero-order chi connectivity index (χ0) is 14.8. The molecule has 1 heterocycles. The Morgan fingerprint density at radius 2 is 2.10 bits per heavy atom. The molecule has 2 aromatic rings. The van der Waals surface area contributed by atoms with Crippen molar-refractivity contribution >= 4 is 15.9 Å². The van der Waals surface area contributed by atoms with E-state index < -0.39 is 0 Å². The second kappa shape index (κ2) is 6.16. The van der Waals surface area contributed by atoms with E-state index in [1.165, 1.54) is 12.8 Å². The molecule has 21 heavy (non-hydrogen) atoms. The number of aromatic nitrogens is 1. The molecule has 0 bridgehead atoms. The smallest absolute Gasteiger partial charge is 0.135 e. The maximum absolute atomic E-state index is 6.08. The van der Waals surface area contributed by atoms with Crippen molar-refractivity contribution in [2.24, 2.45) is 0 Å². The van der Waals surface area contributed by atoms with Crippen molar-refractivity contribution < 1.29 is 4.74 Å². The molecule has 0 aliphatic heterocycles. The van der Waals surface area contributed by atoms with Gasteiger partial charge in [-0.1, -0.05) is 15.9 Å². The molecule has 3 nitrogen and oxygen atoms in total. The number of hydrogen-bond donors (Lipinski definition) is 1. The Bertz CT molecular complexity index is 653. The van der Waals surface area contributed by atoms with E-state index in [1.54, 1.807) is 0 Å². The Kier molecular flexibility index (Phi) is 4.27. The van der Waals surface area contributed by atoms with Crippen LogP contribution in [0.2, 0.25) is 0 Å². The summed E-state index contributed by atoms with van der Waals surface area (Å²) in [4.78, 5) is 4.38. The average Bonchev–Trinajstić information content (AvgIpc) is 3.26. The molecule has 1 saturated carbocycles. The molecule has 0 saturated heterocycles. The monoisotopic (exact) mass is 346 g/mol. The van der Waals surface area contributed by atoms with Crippen LogP contribution in [0.1, 0.15) is 29.7 Å². The summed E-state index contributed by atoms with van der Waals surface area (Å²) in [6.45, 7) is 4.85. The standard InChI is InChI=1S/C17H19BrN2O/c1-11-7-15(5-6-16(11)18)21-17-8-12(2)19-9-13(17)10-20-14-3-4-14/h5-9,14,20H,3-4,10H2,1-2H3. The van der Waals surface area contributed by atoms with Crippen LogP contribution in [-0.4, -0.2) is 11.0 Å². The molecule has 1 aliphatic carbocycles. The first-order valence-corrected chi connectivity index (χ1v) is 8.04. The summed E-state index contributed by atoms with van der Waals surface area (Å²) >= 11 is 3.51. The lowest BCUT2D eigenvalue weighted by molar-refractivity contribution is 0.470. The molecule has 0 radical (unpaired) electrons. The highest BCUT2D eigenvalue weighted by Gasteiger charge is 2.20. The number of pyridine rings is 1. The number of nitrogens with one attached hydrogen (secondary N) is 1. The number of ether oxygens (including phenoxy) is 1. The van der Waals surface area contributed by atoms with Crippen molar-refractivity contribution in [3.63, 3.8) is 0 Å². The minimum Gasteiger partial charge on any atom is -0.457 e. The fraction of sp³-hybridized carbons (Fsp3) is 0.353. The van der Waals surface area contributed by atoms with E-state index in [-0.39, 0.29) is 0 Å².